The van der Waals surface area contributed by atoms with Crippen molar-refractivity contribution < 1.29 is 14.3 Å². The van der Waals surface area contributed by atoms with E-state index in [0.29, 0.717) is 17.1 Å². The smallest absolute Gasteiger partial charge is 0.271 e. The molecular weight excluding hydrogens is 276 g/mol. The van der Waals surface area contributed by atoms with Crippen molar-refractivity contribution in [1.29, 1.82) is 0 Å². The lowest BCUT2D eigenvalue weighted by Crippen LogP contribution is -2.17. The van der Waals surface area contributed by atoms with Gasteiger partial charge in [-0.05, 0) is 29.6 Å². The number of rotatable bonds is 5. The van der Waals surface area contributed by atoms with E-state index in [1.54, 1.807) is 42.9 Å². The van der Waals surface area contributed by atoms with Gasteiger partial charge in [0, 0.05) is 10.4 Å². The van der Waals surface area contributed by atoms with E-state index in [1.165, 1.54) is 7.11 Å². The number of benzene rings is 1. The zero-order chi connectivity index (χ0) is 14.4. The molecule has 0 radical (unpaired) electrons. The van der Waals surface area contributed by atoms with Crippen molar-refractivity contribution in [1.82, 2.24) is 5.43 Å². The van der Waals surface area contributed by atoms with Crippen LogP contribution < -0.4 is 14.9 Å². The monoisotopic (exact) mass is 290 g/mol. The first kappa shape index (κ1) is 14.1. The van der Waals surface area contributed by atoms with Crippen LogP contribution in [0.4, 0.5) is 0 Å². The molecule has 1 N–H and O–H groups in total. The zero-order valence-electron chi connectivity index (χ0n) is 11.1. The Morgan fingerprint density at radius 2 is 2.05 bits per heavy atom. The fraction of sp³-hybridized carbons (Fsp3) is 0.143. The number of ether oxygens (including phenoxy) is 2. The molecular formula is C14H14N2O3S. The van der Waals surface area contributed by atoms with E-state index < -0.39 is 0 Å². The number of amides is 1. The Morgan fingerprint density at radius 1 is 1.25 bits per heavy atom. The highest BCUT2D eigenvalue weighted by Gasteiger charge is 2.09. The molecule has 0 aliphatic heterocycles. The van der Waals surface area contributed by atoms with Gasteiger partial charge in [0.15, 0.2) is 11.5 Å². The number of nitrogens with zero attached hydrogens (tertiary/aromatic N) is 1. The largest absolute Gasteiger partial charge is 0.493 e. The maximum atomic E-state index is 11.9. The topological polar surface area (TPSA) is 59.9 Å². The molecule has 0 unspecified atom stereocenters. The number of methoxy groups -OCH3 is 2. The van der Waals surface area contributed by atoms with Crippen molar-refractivity contribution >= 4 is 23.5 Å². The van der Waals surface area contributed by atoms with Gasteiger partial charge in [0.05, 0.1) is 20.4 Å². The van der Waals surface area contributed by atoms with E-state index in [2.05, 4.69) is 10.5 Å². The summed E-state index contributed by atoms with van der Waals surface area (Å²) in [5.41, 5.74) is 2.92. The van der Waals surface area contributed by atoms with Crippen LogP contribution in [0.1, 0.15) is 15.2 Å². The van der Waals surface area contributed by atoms with Crippen molar-refractivity contribution in [2.75, 3.05) is 14.2 Å². The van der Waals surface area contributed by atoms with Crippen LogP contribution in [0.2, 0.25) is 0 Å². The number of thiophene rings is 1. The second-order valence-electron chi connectivity index (χ2n) is 3.78. The fourth-order valence-corrected chi connectivity index (χ4v) is 2.15. The predicted octanol–water partition coefficient (Wildman–Crippen LogP) is 2.53. The van der Waals surface area contributed by atoms with Gasteiger partial charge in [-0.1, -0.05) is 6.07 Å². The minimum atomic E-state index is -0.307. The first-order chi connectivity index (χ1) is 9.74. The molecule has 1 aromatic carbocycles. The molecule has 1 amide bonds. The SMILES string of the molecule is COc1ccc(C(=O)NN=Cc2cccs2)cc1OC. The van der Waals surface area contributed by atoms with Crippen molar-refractivity contribution in [2.45, 2.75) is 0 Å². The average Bonchev–Trinajstić information content (AvgIpc) is 2.99. The predicted molar refractivity (Wildman–Crippen MR) is 78.9 cm³/mol. The van der Waals surface area contributed by atoms with E-state index in [-0.39, 0.29) is 5.91 Å². The van der Waals surface area contributed by atoms with Gasteiger partial charge in [-0.2, -0.15) is 5.10 Å². The number of hydrazone groups is 1. The Hall–Kier alpha value is -2.34. The van der Waals surface area contributed by atoms with Gasteiger partial charge in [-0.25, -0.2) is 5.43 Å². The summed E-state index contributed by atoms with van der Waals surface area (Å²) in [7, 11) is 3.07. The van der Waals surface area contributed by atoms with Crippen LogP contribution in [0.25, 0.3) is 0 Å². The maximum Gasteiger partial charge on any atom is 0.271 e. The fourth-order valence-electron chi connectivity index (χ4n) is 1.56. The molecule has 2 aromatic rings. The Balaban J connectivity index is 2.05. The second-order valence-corrected chi connectivity index (χ2v) is 4.76. The van der Waals surface area contributed by atoms with E-state index >= 15 is 0 Å². The summed E-state index contributed by atoms with van der Waals surface area (Å²) in [6, 6.07) is 8.77. The molecule has 0 aliphatic rings. The summed E-state index contributed by atoms with van der Waals surface area (Å²) in [5, 5.41) is 5.84. The number of carbonyl (C=O) groups excluding carboxylic acids is 1. The third-order valence-electron chi connectivity index (χ3n) is 2.55. The molecule has 0 spiro atoms. The molecule has 104 valence electrons. The molecule has 1 heterocycles. The molecule has 0 aliphatic carbocycles. The van der Waals surface area contributed by atoms with E-state index in [0.717, 1.165) is 4.88 Å². The Labute approximate surface area is 120 Å². The van der Waals surface area contributed by atoms with Gasteiger partial charge < -0.3 is 9.47 Å². The lowest BCUT2D eigenvalue weighted by molar-refractivity contribution is 0.0954. The van der Waals surface area contributed by atoms with Crippen LogP contribution in [0.5, 0.6) is 11.5 Å². The van der Waals surface area contributed by atoms with Crippen LogP contribution in [-0.4, -0.2) is 26.3 Å². The van der Waals surface area contributed by atoms with Gasteiger partial charge in [-0.3, -0.25) is 4.79 Å². The van der Waals surface area contributed by atoms with Crippen molar-refractivity contribution in [2.24, 2.45) is 5.10 Å². The maximum absolute atomic E-state index is 11.9. The minimum Gasteiger partial charge on any atom is -0.493 e. The summed E-state index contributed by atoms with van der Waals surface area (Å²) in [6.45, 7) is 0. The Bertz CT molecular complexity index is 609. The number of carbonyl (C=O) groups is 1. The highest BCUT2D eigenvalue weighted by Crippen LogP contribution is 2.27. The first-order valence-corrected chi connectivity index (χ1v) is 6.71. The van der Waals surface area contributed by atoms with Crippen LogP contribution >= 0.6 is 11.3 Å². The second kappa shape index (κ2) is 6.72. The van der Waals surface area contributed by atoms with Crippen LogP contribution in [0, 0.1) is 0 Å². The summed E-state index contributed by atoms with van der Waals surface area (Å²) in [5.74, 6) is 0.771. The van der Waals surface area contributed by atoms with Gasteiger partial charge >= 0.3 is 0 Å². The molecule has 0 saturated heterocycles. The van der Waals surface area contributed by atoms with Gasteiger partial charge in [0.2, 0.25) is 0 Å². The highest BCUT2D eigenvalue weighted by molar-refractivity contribution is 7.11. The minimum absolute atomic E-state index is 0.307. The molecule has 6 heteroatoms. The van der Waals surface area contributed by atoms with E-state index in [4.69, 9.17) is 9.47 Å². The standard InChI is InChI=1S/C14H14N2O3S/c1-18-12-6-5-10(8-13(12)19-2)14(17)16-15-9-11-4-3-7-20-11/h3-9H,1-2H3,(H,16,17). The molecule has 20 heavy (non-hydrogen) atoms. The van der Waals surface area contributed by atoms with E-state index in [9.17, 15) is 4.79 Å². The quantitative estimate of drug-likeness (QED) is 0.680. The highest BCUT2D eigenvalue weighted by atomic mass is 32.1. The van der Waals surface area contributed by atoms with E-state index in [1.807, 2.05) is 17.5 Å². The van der Waals surface area contributed by atoms with Gasteiger partial charge in [0.25, 0.3) is 5.91 Å². The summed E-state index contributed by atoms with van der Waals surface area (Å²) < 4.78 is 10.3. The zero-order valence-corrected chi connectivity index (χ0v) is 11.9. The molecule has 0 saturated carbocycles. The molecule has 2 rings (SSSR count). The molecule has 0 atom stereocenters. The van der Waals surface area contributed by atoms with Gasteiger partial charge in [-0.15, -0.1) is 11.3 Å². The summed E-state index contributed by atoms with van der Waals surface area (Å²) >= 11 is 1.54. The third kappa shape index (κ3) is 3.36. The lowest BCUT2D eigenvalue weighted by atomic mass is 10.2. The van der Waals surface area contributed by atoms with Crippen molar-refractivity contribution in [3.05, 3.63) is 46.2 Å². The van der Waals surface area contributed by atoms with Crippen molar-refractivity contribution in [3.63, 3.8) is 0 Å². The Kier molecular flexibility index (Phi) is 4.73. The number of hydrogen-bond donors (Lipinski definition) is 1. The number of nitrogens with one attached hydrogen (secondary N) is 1. The molecule has 0 fully saturated rings. The molecule has 1 aromatic heterocycles. The van der Waals surface area contributed by atoms with Crippen LogP contribution in [-0.2, 0) is 0 Å². The van der Waals surface area contributed by atoms with Crippen LogP contribution in [0.15, 0.2) is 40.8 Å². The van der Waals surface area contributed by atoms with Crippen LogP contribution in [0.3, 0.4) is 0 Å². The van der Waals surface area contributed by atoms with Gasteiger partial charge in [0.1, 0.15) is 0 Å². The number of hydrogen-bond acceptors (Lipinski definition) is 5. The van der Waals surface area contributed by atoms with Crippen molar-refractivity contribution in [3.8, 4) is 11.5 Å². The first-order valence-electron chi connectivity index (χ1n) is 5.83. The lowest BCUT2D eigenvalue weighted by Gasteiger charge is -2.08. The summed E-state index contributed by atoms with van der Waals surface area (Å²) in [4.78, 5) is 12.9. The Morgan fingerprint density at radius 3 is 2.70 bits per heavy atom. The summed E-state index contributed by atoms with van der Waals surface area (Å²) in [6.07, 6.45) is 1.60. The third-order valence-corrected chi connectivity index (χ3v) is 3.35. The average molecular weight is 290 g/mol. The normalized spacial score (nSPS) is 10.5. The molecule has 5 nitrogen and oxygen atoms in total. The molecule has 0 bridgehead atoms.